The van der Waals surface area contributed by atoms with Crippen LogP contribution in [0.3, 0.4) is 0 Å². The number of thiazole rings is 1. The smallest absolute Gasteiger partial charge is 0.280 e. The van der Waals surface area contributed by atoms with Crippen LogP contribution in [0.4, 0.5) is 5.13 Å². The average molecular weight is 446 g/mol. The van der Waals surface area contributed by atoms with Crippen molar-refractivity contribution in [2.45, 2.75) is 36.7 Å². The number of anilines is 1. The fourth-order valence-corrected chi connectivity index (χ4v) is 4.27. The topological polar surface area (TPSA) is 135 Å². The summed E-state index contributed by atoms with van der Waals surface area (Å²) in [6, 6.07) is 6.84. The molecule has 156 valence electrons. The van der Waals surface area contributed by atoms with Crippen LogP contribution < -0.4 is 5.32 Å². The molecule has 1 unspecified atom stereocenters. The first kappa shape index (κ1) is 20.3. The van der Waals surface area contributed by atoms with Gasteiger partial charge in [0.05, 0.1) is 11.1 Å². The molecule has 1 saturated carbocycles. The van der Waals surface area contributed by atoms with Crippen molar-refractivity contribution in [2.75, 3.05) is 11.6 Å². The molecule has 0 aliphatic heterocycles. The van der Waals surface area contributed by atoms with Crippen LogP contribution in [0.25, 0.3) is 10.7 Å². The lowest BCUT2D eigenvalue weighted by atomic mass is 10.1. The highest BCUT2D eigenvalue weighted by Gasteiger charge is 2.21. The molecule has 0 saturated heterocycles. The molecule has 1 aromatic carbocycles. The number of nitrogens with zero attached hydrogens (tertiary/aromatic N) is 5. The summed E-state index contributed by atoms with van der Waals surface area (Å²) in [5.41, 5.74) is 0.696. The summed E-state index contributed by atoms with van der Waals surface area (Å²) in [5, 5.41) is 21.0. The highest BCUT2D eigenvalue weighted by atomic mass is 32.2. The predicted molar refractivity (Wildman–Crippen MR) is 113 cm³/mol. The molecule has 3 aromatic rings. The minimum Gasteiger partial charge on any atom is -0.392 e. The third-order valence-corrected chi connectivity index (χ3v) is 6.41. The van der Waals surface area contributed by atoms with Gasteiger partial charge in [-0.1, -0.05) is 28.6 Å². The Kier molecular flexibility index (Phi) is 6.23. The lowest BCUT2D eigenvalue weighted by Gasteiger charge is -2.10. The molecule has 0 radical (unpaired) electrons. The molecule has 30 heavy (non-hydrogen) atoms. The van der Waals surface area contributed by atoms with E-state index in [0.29, 0.717) is 26.3 Å². The lowest BCUT2D eigenvalue weighted by Crippen LogP contribution is -2.25. The summed E-state index contributed by atoms with van der Waals surface area (Å²) in [6.45, 7) is 0. The van der Waals surface area contributed by atoms with Crippen molar-refractivity contribution in [3.8, 4) is 10.7 Å². The zero-order valence-corrected chi connectivity index (χ0v) is 17.7. The quantitative estimate of drug-likeness (QED) is 0.421. The van der Waals surface area contributed by atoms with Crippen molar-refractivity contribution < 1.29 is 13.8 Å². The Hall–Kier alpha value is -2.99. The number of H-pyrrole nitrogens is 1. The van der Waals surface area contributed by atoms with E-state index < -0.39 is 16.7 Å². The van der Waals surface area contributed by atoms with Gasteiger partial charge in [0.2, 0.25) is 5.82 Å². The molecular weight excluding hydrogens is 426 g/mol. The first-order valence-electron chi connectivity index (χ1n) is 9.29. The SMILES string of the molecule is CS(=O)c1ccc(/C(=N\OC2CCCC2)C(=O)Nc2ncc(-c3nn[nH]n3)s2)cc1. The van der Waals surface area contributed by atoms with Gasteiger partial charge in [-0.15, -0.1) is 10.2 Å². The Morgan fingerprint density at radius 2 is 2.07 bits per heavy atom. The number of carbonyl (C=O) groups is 1. The molecule has 0 bridgehead atoms. The van der Waals surface area contributed by atoms with Gasteiger partial charge in [-0.25, -0.2) is 4.98 Å². The van der Waals surface area contributed by atoms with Gasteiger partial charge in [-0.05, 0) is 43.0 Å². The van der Waals surface area contributed by atoms with E-state index in [1.807, 2.05) is 0 Å². The van der Waals surface area contributed by atoms with Crippen molar-refractivity contribution in [3.63, 3.8) is 0 Å². The van der Waals surface area contributed by atoms with Crippen molar-refractivity contribution in [1.82, 2.24) is 25.6 Å². The normalized spacial score (nSPS) is 15.8. The number of rotatable bonds is 7. The van der Waals surface area contributed by atoms with E-state index in [1.54, 1.807) is 36.7 Å². The Labute approximate surface area is 178 Å². The van der Waals surface area contributed by atoms with Gasteiger partial charge in [0.1, 0.15) is 6.10 Å². The van der Waals surface area contributed by atoms with Crippen LogP contribution in [0, 0.1) is 0 Å². The second kappa shape index (κ2) is 9.22. The van der Waals surface area contributed by atoms with E-state index in [2.05, 4.69) is 36.1 Å². The van der Waals surface area contributed by atoms with Crippen molar-refractivity contribution in [1.29, 1.82) is 0 Å². The molecular formula is C18H19N7O3S2. The molecule has 1 fully saturated rings. The molecule has 10 nitrogen and oxygen atoms in total. The molecule has 1 aliphatic rings. The van der Waals surface area contributed by atoms with Crippen molar-refractivity contribution in [3.05, 3.63) is 36.0 Å². The van der Waals surface area contributed by atoms with Crippen LogP contribution in [0.15, 0.2) is 40.5 Å². The summed E-state index contributed by atoms with van der Waals surface area (Å²) in [4.78, 5) is 24.1. The van der Waals surface area contributed by atoms with Gasteiger partial charge in [0.15, 0.2) is 10.8 Å². The molecule has 12 heteroatoms. The Balaban J connectivity index is 1.55. The maximum Gasteiger partial charge on any atom is 0.280 e. The fourth-order valence-electron chi connectivity index (χ4n) is 3.01. The largest absolute Gasteiger partial charge is 0.392 e. The maximum absolute atomic E-state index is 13.0. The summed E-state index contributed by atoms with van der Waals surface area (Å²) in [7, 11) is -1.11. The molecule has 1 atom stereocenters. The Bertz CT molecular complexity index is 1060. The zero-order chi connectivity index (χ0) is 20.9. The molecule has 2 heterocycles. The van der Waals surface area contributed by atoms with Crippen LogP contribution in [0.2, 0.25) is 0 Å². The fraction of sp³-hybridized carbons (Fsp3) is 0.333. The first-order valence-corrected chi connectivity index (χ1v) is 11.7. The van der Waals surface area contributed by atoms with Gasteiger partial charge in [-0.3, -0.25) is 14.3 Å². The van der Waals surface area contributed by atoms with Gasteiger partial charge in [0, 0.05) is 27.5 Å². The first-order chi connectivity index (χ1) is 14.6. The zero-order valence-electron chi connectivity index (χ0n) is 16.1. The number of benzene rings is 1. The molecule has 2 N–H and O–H groups in total. The number of hydrogen-bond donors (Lipinski definition) is 2. The van der Waals surface area contributed by atoms with Crippen LogP contribution in [0.5, 0.6) is 0 Å². The summed E-state index contributed by atoms with van der Waals surface area (Å²) < 4.78 is 11.7. The van der Waals surface area contributed by atoms with E-state index in [4.69, 9.17) is 4.84 Å². The number of aromatic amines is 1. The van der Waals surface area contributed by atoms with Gasteiger partial charge in [0.25, 0.3) is 5.91 Å². The van der Waals surface area contributed by atoms with Crippen molar-refractivity contribution in [2.24, 2.45) is 5.16 Å². The predicted octanol–water partition coefficient (Wildman–Crippen LogP) is 2.36. The molecule has 4 rings (SSSR count). The second-order valence-electron chi connectivity index (χ2n) is 6.65. The monoisotopic (exact) mass is 445 g/mol. The minimum atomic E-state index is -1.11. The molecule has 1 aliphatic carbocycles. The standard InChI is InChI=1S/C18H19N7O3S2/c1-30(27)13-8-6-11(7-9-13)15(23-28-12-4-2-3-5-12)17(26)20-18-19-10-14(29-18)16-21-24-25-22-16/h6-10,12H,2-5H2,1H3,(H,19,20,26)(H,21,22,24,25)/b23-15+. The van der Waals surface area contributed by atoms with E-state index in [1.165, 1.54) is 11.3 Å². The van der Waals surface area contributed by atoms with E-state index in [9.17, 15) is 9.00 Å². The third kappa shape index (κ3) is 4.76. The molecule has 1 amide bonds. The Morgan fingerprint density at radius 3 is 2.73 bits per heavy atom. The number of hydrogen-bond acceptors (Lipinski definition) is 9. The second-order valence-corrected chi connectivity index (χ2v) is 9.06. The van der Waals surface area contributed by atoms with Gasteiger partial charge in [-0.2, -0.15) is 5.21 Å². The van der Waals surface area contributed by atoms with E-state index >= 15 is 0 Å². The van der Waals surface area contributed by atoms with E-state index in [0.717, 1.165) is 25.7 Å². The molecule has 0 spiro atoms. The highest BCUT2D eigenvalue weighted by Crippen LogP contribution is 2.26. The minimum absolute atomic E-state index is 0.0138. The number of aromatic nitrogens is 5. The number of nitrogens with one attached hydrogen (secondary N) is 2. The Morgan fingerprint density at radius 1 is 1.30 bits per heavy atom. The lowest BCUT2D eigenvalue weighted by molar-refractivity contribution is -0.110. The maximum atomic E-state index is 13.0. The summed E-state index contributed by atoms with van der Waals surface area (Å²) in [6.07, 6.45) is 7.21. The average Bonchev–Trinajstić information content (AvgIpc) is 3.51. The number of oxime groups is 1. The van der Waals surface area contributed by atoms with Gasteiger partial charge >= 0.3 is 0 Å². The third-order valence-electron chi connectivity index (χ3n) is 4.56. The van der Waals surface area contributed by atoms with Crippen LogP contribution in [-0.2, 0) is 20.4 Å². The van der Waals surface area contributed by atoms with Crippen LogP contribution >= 0.6 is 11.3 Å². The summed E-state index contributed by atoms with van der Waals surface area (Å²) in [5.74, 6) is -0.0537. The van der Waals surface area contributed by atoms with Crippen molar-refractivity contribution >= 4 is 38.9 Å². The van der Waals surface area contributed by atoms with E-state index in [-0.39, 0.29) is 11.8 Å². The van der Waals surface area contributed by atoms with Crippen LogP contribution in [0.1, 0.15) is 31.2 Å². The summed E-state index contributed by atoms with van der Waals surface area (Å²) >= 11 is 1.22. The number of carbonyl (C=O) groups excluding carboxylic acids is 1. The molecule has 2 aromatic heterocycles. The van der Waals surface area contributed by atoms with Gasteiger partial charge < -0.3 is 4.84 Å². The number of tetrazole rings is 1. The van der Waals surface area contributed by atoms with Crippen LogP contribution in [-0.4, -0.2) is 53.8 Å². The number of amides is 1. The highest BCUT2D eigenvalue weighted by molar-refractivity contribution is 7.84.